The maximum Gasteiger partial charge on any atom is 0.239 e. The molecule has 0 bridgehead atoms. The molecule has 1 saturated heterocycles. The van der Waals surface area contributed by atoms with Gasteiger partial charge in [-0.05, 0) is 25.7 Å². The van der Waals surface area contributed by atoms with Crippen LogP contribution in [0.1, 0.15) is 58.3 Å². The molecular weight excluding hydrogens is 268 g/mol. The van der Waals surface area contributed by atoms with Gasteiger partial charge in [0.2, 0.25) is 11.8 Å². The number of hydrogen-bond donors (Lipinski definition) is 1. The van der Waals surface area contributed by atoms with Gasteiger partial charge in [-0.1, -0.05) is 25.7 Å². The van der Waals surface area contributed by atoms with Gasteiger partial charge in [-0.15, -0.1) is 0 Å². The monoisotopic (exact) mass is 296 g/mol. The van der Waals surface area contributed by atoms with E-state index in [0.29, 0.717) is 6.54 Å². The fourth-order valence-electron chi connectivity index (χ4n) is 3.31. The minimum atomic E-state index is -0.0649. The van der Waals surface area contributed by atoms with Crippen LogP contribution in [0.5, 0.6) is 0 Å². The number of amides is 2. The number of carbonyl (C=O) groups is 2. The van der Waals surface area contributed by atoms with Crippen molar-refractivity contribution < 1.29 is 14.3 Å². The summed E-state index contributed by atoms with van der Waals surface area (Å²) in [5.74, 6) is -0.0564. The summed E-state index contributed by atoms with van der Waals surface area (Å²) in [6.45, 7) is 3.11. The Balaban J connectivity index is 1.80. The van der Waals surface area contributed by atoms with E-state index in [4.69, 9.17) is 4.74 Å². The SMILES string of the molecule is CC(=O)N(CC(=O)NCC1CCCO1)C1CCCCCC1. The third kappa shape index (κ3) is 5.30. The molecule has 0 radical (unpaired) electrons. The molecule has 0 aromatic rings. The Hall–Kier alpha value is -1.10. The Kier molecular flexibility index (Phi) is 6.49. The summed E-state index contributed by atoms with van der Waals surface area (Å²) < 4.78 is 5.49. The van der Waals surface area contributed by atoms with Gasteiger partial charge in [0, 0.05) is 26.1 Å². The zero-order chi connectivity index (χ0) is 15.1. The summed E-state index contributed by atoms with van der Waals surface area (Å²) >= 11 is 0. The molecule has 1 aliphatic heterocycles. The second-order valence-electron chi connectivity index (χ2n) is 6.23. The maximum atomic E-state index is 12.1. The molecule has 1 unspecified atom stereocenters. The van der Waals surface area contributed by atoms with E-state index in [1.54, 1.807) is 11.8 Å². The molecule has 1 aliphatic carbocycles. The summed E-state index contributed by atoms with van der Waals surface area (Å²) in [6, 6.07) is 0.235. The van der Waals surface area contributed by atoms with E-state index in [2.05, 4.69) is 5.32 Å². The van der Waals surface area contributed by atoms with Crippen molar-refractivity contribution in [2.24, 2.45) is 0 Å². The first-order chi connectivity index (χ1) is 10.2. The molecule has 1 heterocycles. The van der Waals surface area contributed by atoms with Gasteiger partial charge in [0.15, 0.2) is 0 Å². The third-order valence-corrected chi connectivity index (χ3v) is 4.53. The molecule has 1 saturated carbocycles. The molecule has 0 spiro atoms. The fraction of sp³-hybridized carbons (Fsp3) is 0.875. The molecule has 2 amide bonds. The summed E-state index contributed by atoms with van der Waals surface area (Å²) in [6.07, 6.45) is 9.09. The van der Waals surface area contributed by atoms with Crippen molar-refractivity contribution in [3.05, 3.63) is 0 Å². The lowest BCUT2D eigenvalue weighted by atomic mass is 10.1. The Morgan fingerprint density at radius 2 is 1.81 bits per heavy atom. The zero-order valence-corrected chi connectivity index (χ0v) is 13.1. The van der Waals surface area contributed by atoms with Crippen LogP contribution < -0.4 is 5.32 Å². The van der Waals surface area contributed by atoms with Crippen molar-refractivity contribution in [1.29, 1.82) is 0 Å². The first kappa shape index (κ1) is 16.3. The quantitative estimate of drug-likeness (QED) is 0.788. The summed E-state index contributed by atoms with van der Waals surface area (Å²) in [4.78, 5) is 25.7. The van der Waals surface area contributed by atoms with Crippen LogP contribution in [0.3, 0.4) is 0 Å². The maximum absolute atomic E-state index is 12.1. The molecule has 21 heavy (non-hydrogen) atoms. The molecule has 2 fully saturated rings. The zero-order valence-electron chi connectivity index (χ0n) is 13.1. The average Bonchev–Trinajstić information content (AvgIpc) is 2.84. The highest BCUT2D eigenvalue weighted by molar-refractivity contribution is 5.84. The Bertz CT molecular complexity index is 345. The number of rotatable bonds is 5. The standard InChI is InChI=1S/C16H28N2O3/c1-13(19)18(14-7-4-2-3-5-8-14)12-16(20)17-11-15-9-6-10-21-15/h14-15H,2-12H2,1H3,(H,17,20). The first-order valence-electron chi connectivity index (χ1n) is 8.32. The van der Waals surface area contributed by atoms with Crippen molar-refractivity contribution in [3.63, 3.8) is 0 Å². The molecule has 5 heteroatoms. The highest BCUT2D eigenvalue weighted by Gasteiger charge is 2.24. The van der Waals surface area contributed by atoms with E-state index in [1.165, 1.54) is 12.8 Å². The van der Waals surface area contributed by atoms with E-state index in [0.717, 1.165) is 45.1 Å². The molecule has 120 valence electrons. The lowest BCUT2D eigenvalue weighted by molar-refractivity contribution is -0.137. The second kappa shape index (κ2) is 8.37. The van der Waals surface area contributed by atoms with Crippen molar-refractivity contribution in [1.82, 2.24) is 10.2 Å². The highest BCUT2D eigenvalue weighted by Crippen LogP contribution is 2.22. The smallest absolute Gasteiger partial charge is 0.239 e. The van der Waals surface area contributed by atoms with Gasteiger partial charge in [0.25, 0.3) is 0 Å². The van der Waals surface area contributed by atoms with Gasteiger partial charge in [-0.3, -0.25) is 9.59 Å². The topological polar surface area (TPSA) is 58.6 Å². The van der Waals surface area contributed by atoms with Crippen molar-refractivity contribution in [2.75, 3.05) is 19.7 Å². The second-order valence-corrected chi connectivity index (χ2v) is 6.23. The van der Waals surface area contributed by atoms with Crippen LogP contribution >= 0.6 is 0 Å². The number of ether oxygens (including phenoxy) is 1. The molecule has 0 aromatic heterocycles. The van der Waals surface area contributed by atoms with E-state index >= 15 is 0 Å². The van der Waals surface area contributed by atoms with E-state index in [1.807, 2.05) is 0 Å². The van der Waals surface area contributed by atoms with Crippen LogP contribution in [0.2, 0.25) is 0 Å². The van der Waals surface area contributed by atoms with Crippen LogP contribution in [0.4, 0.5) is 0 Å². The van der Waals surface area contributed by atoms with Crippen molar-refractivity contribution in [2.45, 2.75) is 70.4 Å². The molecule has 5 nitrogen and oxygen atoms in total. The predicted octanol–water partition coefficient (Wildman–Crippen LogP) is 1.85. The van der Waals surface area contributed by atoms with Crippen LogP contribution in [-0.2, 0) is 14.3 Å². The lowest BCUT2D eigenvalue weighted by Crippen LogP contribution is -2.46. The van der Waals surface area contributed by atoms with Gasteiger partial charge in [0.1, 0.15) is 0 Å². The number of hydrogen-bond acceptors (Lipinski definition) is 3. The van der Waals surface area contributed by atoms with Gasteiger partial charge in [0.05, 0.1) is 12.6 Å². The Morgan fingerprint density at radius 3 is 2.38 bits per heavy atom. The minimum Gasteiger partial charge on any atom is -0.376 e. The summed E-state index contributed by atoms with van der Waals surface area (Å²) in [7, 11) is 0. The first-order valence-corrected chi connectivity index (χ1v) is 8.32. The highest BCUT2D eigenvalue weighted by atomic mass is 16.5. The fourth-order valence-corrected chi connectivity index (χ4v) is 3.31. The largest absolute Gasteiger partial charge is 0.376 e. The van der Waals surface area contributed by atoms with Gasteiger partial charge in [-0.2, -0.15) is 0 Å². The van der Waals surface area contributed by atoms with Gasteiger partial charge >= 0.3 is 0 Å². The molecule has 2 aliphatic rings. The Labute approximate surface area is 127 Å². The minimum absolute atomic E-state index is 0.00849. The molecular formula is C16H28N2O3. The van der Waals surface area contributed by atoms with E-state index < -0.39 is 0 Å². The number of carbonyl (C=O) groups excluding carboxylic acids is 2. The van der Waals surface area contributed by atoms with Crippen molar-refractivity contribution >= 4 is 11.8 Å². The third-order valence-electron chi connectivity index (χ3n) is 4.53. The van der Waals surface area contributed by atoms with E-state index in [-0.39, 0.29) is 30.5 Å². The molecule has 0 aromatic carbocycles. The number of nitrogens with one attached hydrogen (secondary N) is 1. The summed E-state index contributed by atoms with van der Waals surface area (Å²) in [5, 5.41) is 2.91. The molecule has 2 rings (SSSR count). The van der Waals surface area contributed by atoms with Crippen LogP contribution in [0.15, 0.2) is 0 Å². The van der Waals surface area contributed by atoms with Gasteiger partial charge in [-0.25, -0.2) is 0 Å². The average molecular weight is 296 g/mol. The molecule has 1 N–H and O–H groups in total. The van der Waals surface area contributed by atoms with Crippen LogP contribution in [0, 0.1) is 0 Å². The van der Waals surface area contributed by atoms with Crippen molar-refractivity contribution in [3.8, 4) is 0 Å². The number of nitrogens with zero attached hydrogens (tertiary/aromatic N) is 1. The van der Waals surface area contributed by atoms with E-state index in [9.17, 15) is 9.59 Å². The van der Waals surface area contributed by atoms with Crippen LogP contribution in [-0.4, -0.2) is 48.6 Å². The summed E-state index contributed by atoms with van der Waals surface area (Å²) in [5.41, 5.74) is 0. The Morgan fingerprint density at radius 1 is 1.10 bits per heavy atom. The lowest BCUT2D eigenvalue weighted by Gasteiger charge is -2.29. The van der Waals surface area contributed by atoms with Crippen LogP contribution in [0.25, 0.3) is 0 Å². The normalized spacial score (nSPS) is 23.6. The van der Waals surface area contributed by atoms with Gasteiger partial charge < -0.3 is 15.0 Å². The molecule has 1 atom stereocenters. The predicted molar refractivity (Wildman–Crippen MR) is 80.9 cm³/mol.